The molecule has 1 aromatic rings. The van der Waals surface area contributed by atoms with Crippen LogP contribution < -0.4 is 0 Å². The van der Waals surface area contributed by atoms with Crippen molar-refractivity contribution >= 4 is 19.7 Å². The minimum Gasteiger partial charge on any atom is -0.224 e. The zero-order valence-electron chi connectivity index (χ0n) is 7.68. The van der Waals surface area contributed by atoms with Crippen LogP contribution in [-0.4, -0.2) is 29.3 Å². The normalized spacial score (nSPS) is 12.7. The molecule has 0 fully saturated rings. The Labute approximate surface area is 83.4 Å². The van der Waals surface area contributed by atoms with Gasteiger partial charge < -0.3 is 0 Å². The Bertz CT molecular complexity index is 489. The lowest BCUT2D eigenvalue weighted by Gasteiger charge is -2.04. The summed E-state index contributed by atoms with van der Waals surface area (Å²) >= 11 is 0. The third-order valence-corrected chi connectivity index (χ3v) is 4.01. The molecule has 0 atom stereocenters. The summed E-state index contributed by atoms with van der Waals surface area (Å²) in [7, 11) is -7.04. The van der Waals surface area contributed by atoms with Crippen LogP contribution in [0.3, 0.4) is 0 Å². The van der Waals surface area contributed by atoms with E-state index in [1.54, 1.807) is 0 Å². The first-order chi connectivity index (χ1) is 6.23. The van der Waals surface area contributed by atoms with Crippen LogP contribution in [0, 0.1) is 6.07 Å². The summed E-state index contributed by atoms with van der Waals surface area (Å²) < 4.78 is 44.9. The molecule has 0 aromatic heterocycles. The van der Waals surface area contributed by atoms with E-state index in [9.17, 15) is 16.8 Å². The predicted octanol–water partition coefficient (Wildman–Crippen LogP) is 0.294. The maximum absolute atomic E-state index is 11.2. The summed E-state index contributed by atoms with van der Waals surface area (Å²) in [4.78, 5) is -0.388. The smallest absolute Gasteiger partial charge is 0.176 e. The molecular formula is C8H9O4S2. The minimum atomic E-state index is -3.53. The molecular weight excluding hydrogens is 224 g/mol. The van der Waals surface area contributed by atoms with Gasteiger partial charge in [0.05, 0.1) is 9.79 Å². The van der Waals surface area contributed by atoms with Crippen LogP contribution in [0.2, 0.25) is 0 Å². The molecule has 0 N–H and O–H groups in total. The molecule has 14 heavy (non-hydrogen) atoms. The summed E-state index contributed by atoms with van der Waals surface area (Å²) in [6.07, 6.45) is 1.93. The molecule has 1 aromatic carbocycles. The van der Waals surface area contributed by atoms with Crippen LogP contribution in [0.5, 0.6) is 0 Å². The third kappa shape index (κ3) is 2.33. The van der Waals surface area contributed by atoms with E-state index in [0.29, 0.717) is 0 Å². The highest BCUT2D eigenvalue weighted by molar-refractivity contribution is 7.93. The van der Waals surface area contributed by atoms with Crippen molar-refractivity contribution in [3.8, 4) is 0 Å². The van der Waals surface area contributed by atoms with Crippen molar-refractivity contribution in [3.63, 3.8) is 0 Å². The molecule has 77 valence electrons. The van der Waals surface area contributed by atoms with Gasteiger partial charge >= 0.3 is 0 Å². The Balaban J connectivity index is 3.64. The topological polar surface area (TPSA) is 68.3 Å². The Morgan fingerprint density at radius 2 is 1.50 bits per heavy atom. The van der Waals surface area contributed by atoms with E-state index in [4.69, 9.17) is 0 Å². The number of benzene rings is 1. The molecule has 0 spiro atoms. The fourth-order valence-electron chi connectivity index (χ4n) is 0.997. The first-order valence-corrected chi connectivity index (χ1v) is 7.41. The zero-order chi connectivity index (χ0) is 11.0. The van der Waals surface area contributed by atoms with E-state index in [1.165, 1.54) is 12.1 Å². The Morgan fingerprint density at radius 1 is 1.00 bits per heavy atom. The lowest BCUT2D eigenvalue weighted by molar-refractivity contribution is 0.589. The van der Waals surface area contributed by atoms with Gasteiger partial charge in [0, 0.05) is 12.5 Å². The first kappa shape index (κ1) is 11.2. The lowest BCUT2D eigenvalue weighted by atomic mass is 10.4. The molecule has 6 heteroatoms. The average molecular weight is 233 g/mol. The fourth-order valence-corrected chi connectivity index (χ4v) is 3.36. The van der Waals surface area contributed by atoms with Crippen molar-refractivity contribution in [3.05, 3.63) is 24.3 Å². The van der Waals surface area contributed by atoms with Crippen LogP contribution in [0.1, 0.15) is 0 Å². The Kier molecular flexibility index (Phi) is 2.69. The van der Waals surface area contributed by atoms with E-state index in [2.05, 4.69) is 6.07 Å². The molecule has 1 radical (unpaired) electrons. The second kappa shape index (κ2) is 3.36. The molecule has 0 saturated heterocycles. The molecule has 0 heterocycles. The highest BCUT2D eigenvalue weighted by Crippen LogP contribution is 2.19. The number of hydrogen-bond donors (Lipinski definition) is 0. The first-order valence-electron chi connectivity index (χ1n) is 3.63. The third-order valence-electron chi connectivity index (χ3n) is 1.59. The summed E-state index contributed by atoms with van der Waals surface area (Å²) in [5.41, 5.74) is 0. The molecule has 0 aliphatic carbocycles. The van der Waals surface area contributed by atoms with Crippen molar-refractivity contribution in [1.82, 2.24) is 0 Å². The molecule has 4 nitrogen and oxygen atoms in total. The quantitative estimate of drug-likeness (QED) is 0.736. The van der Waals surface area contributed by atoms with Gasteiger partial charge in [0.15, 0.2) is 19.7 Å². The lowest BCUT2D eigenvalue weighted by Crippen LogP contribution is -2.06. The van der Waals surface area contributed by atoms with Crippen LogP contribution >= 0.6 is 0 Å². The van der Waals surface area contributed by atoms with Gasteiger partial charge in [-0.25, -0.2) is 16.8 Å². The van der Waals surface area contributed by atoms with Gasteiger partial charge in [-0.2, -0.15) is 0 Å². The summed E-state index contributed by atoms with van der Waals surface area (Å²) in [5, 5.41) is 0. The van der Waals surface area contributed by atoms with E-state index in [1.807, 2.05) is 0 Å². The molecule has 0 aliphatic heterocycles. The molecule has 1 rings (SSSR count). The van der Waals surface area contributed by atoms with Gasteiger partial charge in [0.25, 0.3) is 0 Å². The van der Waals surface area contributed by atoms with Crippen molar-refractivity contribution in [2.24, 2.45) is 0 Å². The van der Waals surface area contributed by atoms with Gasteiger partial charge in [-0.15, -0.1) is 0 Å². The summed E-state index contributed by atoms with van der Waals surface area (Å²) in [6, 6.07) is 6.29. The van der Waals surface area contributed by atoms with Gasteiger partial charge in [0.2, 0.25) is 0 Å². The maximum Gasteiger partial charge on any atom is 0.176 e. The maximum atomic E-state index is 11.2. The minimum absolute atomic E-state index is 0.182. The number of rotatable bonds is 2. The van der Waals surface area contributed by atoms with Crippen LogP contribution in [0.25, 0.3) is 0 Å². The van der Waals surface area contributed by atoms with Gasteiger partial charge in [-0.05, 0) is 18.2 Å². The highest BCUT2D eigenvalue weighted by Gasteiger charge is 2.19. The van der Waals surface area contributed by atoms with E-state index in [0.717, 1.165) is 18.6 Å². The van der Waals surface area contributed by atoms with Crippen molar-refractivity contribution in [2.45, 2.75) is 9.79 Å². The monoisotopic (exact) mass is 233 g/mol. The van der Waals surface area contributed by atoms with Crippen molar-refractivity contribution in [1.29, 1.82) is 0 Å². The number of sulfone groups is 2. The van der Waals surface area contributed by atoms with Crippen LogP contribution in [-0.2, 0) is 19.7 Å². The van der Waals surface area contributed by atoms with Gasteiger partial charge in [0.1, 0.15) is 0 Å². The fraction of sp³-hybridized carbons (Fsp3) is 0.250. The van der Waals surface area contributed by atoms with Crippen molar-refractivity contribution in [2.75, 3.05) is 12.5 Å². The largest absolute Gasteiger partial charge is 0.224 e. The SMILES string of the molecule is CS(=O)(=O)c1c[c]ccc1S(C)(=O)=O. The molecule has 0 aliphatic rings. The summed E-state index contributed by atoms with van der Waals surface area (Å²) in [6.45, 7) is 0. The van der Waals surface area contributed by atoms with E-state index >= 15 is 0 Å². The van der Waals surface area contributed by atoms with Gasteiger partial charge in [-0.1, -0.05) is 6.07 Å². The van der Waals surface area contributed by atoms with Gasteiger partial charge in [-0.3, -0.25) is 0 Å². The highest BCUT2D eigenvalue weighted by atomic mass is 32.2. The summed E-state index contributed by atoms with van der Waals surface area (Å²) in [5.74, 6) is 0. The van der Waals surface area contributed by atoms with Crippen LogP contribution in [0.4, 0.5) is 0 Å². The molecule has 0 unspecified atom stereocenters. The van der Waals surface area contributed by atoms with Crippen LogP contribution in [0.15, 0.2) is 28.0 Å². The zero-order valence-corrected chi connectivity index (χ0v) is 9.31. The van der Waals surface area contributed by atoms with E-state index < -0.39 is 19.7 Å². The second-order valence-corrected chi connectivity index (χ2v) is 6.89. The molecule has 0 amide bonds. The average Bonchev–Trinajstić information content (AvgIpc) is 2.01. The van der Waals surface area contributed by atoms with E-state index in [-0.39, 0.29) is 9.79 Å². The molecule has 0 bridgehead atoms. The predicted molar refractivity (Wildman–Crippen MR) is 51.5 cm³/mol. The number of hydrogen-bond acceptors (Lipinski definition) is 4. The Hall–Kier alpha value is -0.880. The molecule has 0 saturated carbocycles. The second-order valence-electron chi connectivity index (χ2n) is 2.92. The standard InChI is InChI=1S/C8H9O4S2/c1-13(9,10)7-5-3-4-6-8(7)14(2,11)12/h3,5-6H,1-2H3. The Morgan fingerprint density at radius 3 is 1.86 bits per heavy atom. The van der Waals surface area contributed by atoms with Crippen molar-refractivity contribution < 1.29 is 16.8 Å².